The SMILES string of the molecule is CCC(C)(C)C(=O)O[C@H]1C[C@H](C(=O)NCc2ccccc2)C=C2C=C[C@H](C)[C@H](CC[C@@H]3C[C@@H](O)CC(=O)O3)[C@H]21. The number of hydrogen-bond donors (Lipinski definition) is 2. The third kappa shape index (κ3) is 7.18. The number of aliphatic hydroxyl groups is 1. The molecule has 0 spiro atoms. The maximum Gasteiger partial charge on any atom is 0.311 e. The van der Waals surface area contributed by atoms with Crippen molar-refractivity contribution in [3.63, 3.8) is 0 Å². The zero-order valence-electron chi connectivity index (χ0n) is 23.6. The van der Waals surface area contributed by atoms with E-state index in [1.807, 2.05) is 57.2 Å². The lowest BCUT2D eigenvalue weighted by Crippen LogP contribution is -2.45. The molecular formula is C32H43NO6. The quantitative estimate of drug-likeness (QED) is 0.435. The van der Waals surface area contributed by atoms with Crippen LogP contribution in [0, 0.1) is 29.1 Å². The molecule has 0 bridgehead atoms. The van der Waals surface area contributed by atoms with Crippen molar-refractivity contribution in [3.05, 3.63) is 59.7 Å². The van der Waals surface area contributed by atoms with Gasteiger partial charge in [-0.1, -0.05) is 62.4 Å². The van der Waals surface area contributed by atoms with E-state index in [0.29, 0.717) is 32.2 Å². The summed E-state index contributed by atoms with van der Waals surface area (Å²) in [4.78, 5) is 38.4. The summed E-state index contributed by atoms with van der Waals surface area (Å²) in [6.07, 6.45) is 7.84. The maximum absolute atomic E-state index is 13.3. The number of carbonyl (C=O) groups is 3. The molecular weight excluding hydrogens is 494 g/mol. The predicted molar refractivity (Wildman–Crippen MR) is 148 cm³/mol. The number of rotatable bonds is 9. The molecule has 0 radical (unpaired) electrons. The van der Waals surface area contributed by atoms with Gasteiger partial charge in [-0.25, -0.2) is 0 Å². The average molecular weight is 538 g/mol. The summed E-state index contributed by atoms with van der Waals surface area (Å²) in [7, 11) is 0. The van der Waals surface area contributed by atoms with Gasteiger partial charge in [0.2, 0.25) is 5.91 Å². The van der Waals surface area contributed by atoms with Crippen molar-refractivity contribution in [2.24, 2.45) is 29.1 Å². The van der Waals surface area contributed by atoms with Crippen molar-refractivity contribution in [2.45, 2.75) is 91.1 Å². The Bertz CT molecular complexity index is 1090. The minimum atomic E-state index is -0.662. The number of esters is 2. The number of fused-ring (bicyclic) bond motifs is 1. The Balaban J connectivity index is 1.54. The van der Waals surface area contributed by atoms with Crippen LogP contribution in [0.3, 0.4) is 0 Å². The highest BCUT2D eigenvalue weighted by molar-refractivity contribution is 5.81. The van der Waals surface area contributed by atoms with Crippen molar-refractivity contribution >= 4 is 17.8 Å². The fourth-order valence-corrected chi connectivity index (χ4v) is 5.97. The number of benzene rings is 1. The highest BCUT2D eigenvalue weighted by Crippen LogP contribution is 2.46. The van der Waals surface area contributed by atoms with Crippen molar-refractivity contribution in [3.8, 4) is 0 Å². The van der Waals surface area contributed by atoms with E-state index in [1.54, 1.807) is 0 Å². The minimum Gasteiger partial charge on any atom is -0.462 e. The van der Waals surface area contributed by atoms with E-state index in [4.69, 9.17) is 9.47 Å². The fourth-order valence-electron chi connectivity index (χ4n) is 5.97. The van der Waals surface area contributed by atoms with E-state index in [9.17, 15) is 19.5 Å². The molecule has 4 rings (SSSR count). The van der Waals surface area contributed by atoms with E-state index in [2.05, 4.69) is 24.4 Å². The zero-order chi connectivity index (χ0) is 28.2. The normalized spacial score (nSPS) is 30.5. The van der Waals surface area contributed by atoms with E-state index in [0.717, 1.165) is 17.6 Å². The first-order chi connectivity index (χ1) is 18.6. The molecule has 1 aromatic carbocycles. The number of carbonyl (C=O) groups excluding carboxylic acids is 3. The Labute approximate surface area is 232 Å². The first-order valence-corrected chi connectivity index (χ1v) is 14.4. The van der Waals surface area contributed by atoms with Crippen molar-refractivity contribution in [2.75, 3.05) is 0 Å². The van der Waals surface area contributed by atoms with E-state index >= 15 is 0 Å². The topological polar surface area (TPSA) is 102 Å². The summed E-state index contributed by atoms with van der Waals surface area (Å²) >= 11 is 0. The molecule has 1 aromatic rings. The zero-order valence-corrected chi connectivity index (χ0v) is 23.6. The molecule has 1 heterocycles. The van der Waals surface area contributed by atoms with Crippen LogP contribution in [0.25, 0.3) is 0 Å². The molecule has 2 aliphatic carbocycles. The van der Waals surface area contributed by atoms with Gasteiger partial charge >= 0.3 is 11.9 Å². The number of hydrogen-bond acceptors (Lipinski definition) is 6. The number of nitrogens with one attached hydrogen (secondary N) is 1. The standard InChI is InChI=1S/C32H43NO6/c1-5-32(3,4)31(37)39-27-16-23(30(36)33-19-21-9-7-6-8-10-21)15-22-12-11-20(2)26(29(22)27)14-13-25-17-24(34)18-28(35)38-25/h6-12,15,20,23-27,29,34H,5,13-14,16-19H2,1-4H3,(H,33,36)/t20-,23+,24+,25+,26-,27-,29-/m0/s1. The van der Waals surface area contributed by atoms with Crippen LogP contribution in [0.15, 0.2) is 54.1 Å². The molecule has 2 N–H and O–H groups in total. The largest absolute Gasteiger partial charge is 0.462 e. The molecule has 39 heavy (non-hydrogen) atoms. The van der Waals surface area contributed by atoms with Crippen LogP contribution in [0.2, 0.25) is 0 Å². The van der Waals surface area contributed by atoms with E-state index < -0.39 is 23.5 Å². The Kier molecular flexibility index (Phi) is 9.31. The molecule has 7 heteroatoms. The molecule has 0 unspecified atom stereocenters. The van der Waals surface area contributed by atoms with Crippen LogP contribution in [0.5, 0.6) is 0 Å². The van der Waals surface area contributed by atoms with Gasteiger partial charge in [-0.3, -0.25) is 14.4 Å². The van der Waals surface area contributed by atoms with Gasteiger partial charge in [0, 0.05) is 25.3 Å². The van der Waals surface area contributed by atoms with Gasteiger partial charge in [0.1, 0.15) is 12.2 Å². The first kappa shape index (κ1) is 29.1. The molecule has 1 fully saturated rings. The minimum absolute atomic E-state index is 0.0492. The van der Waals surface area contributed by atoms with Crippen molar-refractivity contribution in [1.82, 2.24) is 5.32 Å². The molecule has 0 aromatic heterocycles. The highest BCUT2D eigenvalue weighted by Gasteiger charge is 2.45. The lowest BCUT2D eigenvalue weighted by molar-refractivity contribution is -0.166. The molecule has 7 atom stereocenters. The van der Waals surface area contributed by atoms with Crippen LogP contribution in [0.1, 0.15) is 71.8 Å². The Morgan fingerprint density at radius 3 is 2.59 bits per heavy atom. The van der Waals surface area contributed by atoms with Crippen molar-refractivity contribution < 1.29 is 29.0 Å². The number of allylic oxidation sites excluding steroid dienone is 2. The van der Waals surface area contributed by atoms with Crippen molar-refractivity contribution in [1.29, 1.82) is 0 Å². The van der Waals surface area contributed by atoms with Crippen LogP contribution in [-0.2, 0) is 30.4 Å². The van der Waals surface area contributed by atoms with Gasteiger partial charge in [-0.2, -0.15) is 0 Å². The molecule has 1 aliphatic heterocycles. The lowest BCUT2D eigenvalue weighted by atomic mass is 9.65. The predicted octanol–water partition coefficient (Wildman–Crippen LogP) is 4.88. The van der Waals surface area contributed by atoms with Gasteiger partial charge in [-0.05, 0) is 56.1 Å². The maximum atomic E-state index is 13.3. The second-order valence-corrected chi connectivity index (χ2v) is 12.1. The highest BCUT2D eigenvalue weighted by atomic mass is 16.6. The summed E-state index contributed by atoms with van der Waals surface area (Å²) < 4.78 is 11.8. The third-order valence-corrected chi connectivity index (χ3v) is 8.79. The van der Waals surface area contributed by atoms with Gasteiger partial charge in [0.25, 0.3) is 0 Å². The fraction of sp³-hybridized carbons (Fsp3) is 0.594. The summed E-state index contributed by atoms with van der Waals surface area (Å²) in [6, 6.07) is 9.80. The van der Waals surface area contributed by atoms with Gasteiger partial charge in [-0.15, -0.1) is 0 Å². The summed E-state index contributed by atoms with van der Waals surface area (Å²) in [5, 5.41) is 13.1. The number of amides is 1. The smallest absolute Gasteiger partial charge is 0.311 e. The molecule has 7 nitrogen and oxygen atoms in total. The molecule has 1 amide bonds. The van der Waals surface area contributed by atoms with Crippen LogP contribution in [0.4, 0.5) is 0 Å². The summed E-state index contributed by atoms with van der Waals surface area (Å²) in [6.45, 7) is 8.36. The second kappa shape index (κ2) is 12.5. The Morgan fingerprint density at radius 2 is 1.90 bits per heavy atom. The third-order valence-electron chi connectivity index (χ3n) is 8.79. The average Bonchev–Trinajstić information content (AvgIpc) is 2.91. The molecule has 1 saturated heterocycles. The first-order valence-electron chi connectivity index (χ1n) is 14.4. The van der Waals surface area contributed by atoms with Crippen LogP contribution in [-0.4, -0.2) is 41.3 Å². The molecule has 0 saturated carbocycles. The van der Waals surface area contributed by atoms with Crippen LogP contribution >= 0.6 is 0 Å². The number of ether oxygens (including phenoxy) is 2. The molecule has 3 aliphatic rings. The van der Waals surface area contributed by atoms with Gasteiger partial charge < -0.3 is 19.9 Å². The summed E-state index contributed by atoms with van der Waals surface area (Å²) in [5.74, 6) is -0.765. The Hall–Kier alpha value is -2.93. The number of cyclic esters (lactones) is 1. The molecule has 212 valence electrons. The lowest BCUT2D eigenvalue weighted by Gasteiger charge is -2.44. The van der Waals surface area contributed by atoms with Crippen LogP contribution < -0.4 is 5.32 Å². The number of aliphatic hydroxyl groups excluding tert-OH is 1. The second-order valence-electron chi connectivity index (χ2n) is 12.1. The monoisotopic (exact) mass is 537 g/mol. The van der Waals surface area contributed by atoms with E-state index in [1.165, 1.54) is 0 Å². The Morgan fingerprint density at radius 1 is 1.15 bits per heavy atom. The van der Waals surface area contributed by atoms with E-state index in [-0.39, 0.29) is 48.1 Å². The summed E-state index contributed by atoms with van der Waals surface area (Å²) in [5.41, 5.74) is 1.43. The van der Waals surface area contributed by atoms with Gasteiger partial charge in [0.15, 0.2) is 0 Å². The van der Waals surface area contributed by atoms with Gasteiger partial charge in [0.05, 0.1) is 23.9 Å².